The van der Waals surface area contributed by atoms with Gasteiger partial charge in [0.1, 0.15) is 0 Å². The van der Waals surface area contributed by atoms with Crippen LogP contribution in [0, 0.1) is 13.8 Å². The van der Waals surface area contributed by atoms with E-state index in [9.17, 15) is 4.79 Å². The number of hydrogen-bond donors (Lipinski definition) is 0. The first-order valence-electron chi connectivity index (χ1n) is 7.96. The SMILES string of the molecule is Cc1cc(C)n(C2CCN(C(=O)CCCc3cccs3)C2)n1. The largest absolute Gasteiger partial charge is 0.340 e. The maximum Gasteiger partial charge on any atom is 0.222 e. The molecule has 4 nitrogen and oxygen atoms in total. The van der Waals surface area contributed by atoms with Gasteiger partial charge in [0.05, 0.1) is 11.7 Å². The van der Waals surface area contributed by atoms with Crippen molar-refractivity contribution in [1.82, 2.24) is 14.7 Å². The number of amides is 1. The lowest BCUT2D eigenvalue weighted by Crippen LogP contribution is -2.29. The van der Waals surface area contributed by atoms with Crippen LogP contribution in [0.15, 0.2) is 23.6 Å². The van der Waals surface area contributed by atoms with Gasteiger partial charge in [0.25, 0.3) is 0 Å². The number of hydrogen-bond acceptors (Lipinski definition) is 3. The Morgan fingerprint density at radius 3 is 3.00 bits per heavy atom. The van der Waals surface area contributed by atoms with Crippen molar-refractivity contribution in [2.45, 2.75) is 45.6 Å². The molecular weight excluding hydrogens is 294 g/mol. The molecule has 1 atom stereocenters. The van der Waals surface area contributed by atoms with Gasteiger partial charge in [0.15, 0.2) is 0 Å². The van der Waals surface area contributed by atoms with Crippen molar-refractivity contribution in [3.05, 3.63) is 39.8 Å². The molecule has 0 aromatic carbocycles. The van der Waals surface area contributed by atoms with Gasteiger partial charge in [-0.3, -0.25) is 9.48 Å². The summed E-state index contributed by atoms with van der Waals surface area (Å²) in [7, 11) is 0. The second-order valence-electron chi connectivity index (χ2n) is 6.09. The van der Waals surface area contributed by atoms with E-state index in [-0.39, 0.29) is 0 Å². The highest BCUT2D eigenvalue weighted by Gasteiger charge is 2.28. The lowest BCUT2D eigenvalue weighted by atomic mass is 10.2. The summed E-state index contributed by atoms with van der Waals surface area (Å²) in [6.45, 7) is 5.78. The Morgan fingerprint density at radius 2 is 2.32 bits per heavy atom. The normalized spacial score (nSPS) is 18.1. The maximum absolute atomic E-state index is 12.3. The summed E-state index contributed by atoms with van der Waals surface area (Å²) >= 11 is 1.77. The molecule has 3 heterocycles. The molecule has 0 aliphatic carbocycles. The first-order valence-corrected chi connectivity index (χ1v) is 8.84. The van der Waals surface area contributed by atoms with E-state index in [4.69, 9.17) is 0 Å². The van der Waals surface area contributed by atoms with Gasteiger partial charge in [-0.1, -0.05) is 6.07 Å². The van der Waals surface area contributed by atoms with E-state index in [0.717, 1.165) is 38.0 Å². The number of nitrogens with zero attached hydrogens (tertiary/aromatic N) is 3. The Balaban J connectivity index is 1.49. The Morgan fingerprint density at radius 1 is 1.45 bits per heavy atom. The van der Waals surface area contributed by atoms with Gasteiger partial charge in [-0.2, -0.15) is 5.10 Å². The maximum atomic E-state index is 12.3. The summed E-state index contributed by atoms with van der Waals surface area (Å²) < 4.78 is 2.09. The van der Waals surface area contributed by atoms with E-state index in [1.165, 1.54) is 10.6 Å². The highest BCUT2D eigenvalue weighted by molar-refractivity contribution is 7.09. The second kappa shape index (κ2) is 6.65. The molecule has 3 rings (SSSR count). The lowest BCUT2D eigenvalue weighted by Gasteiger charge is -2.17. The Labute approximate surface area is 135 Å². The minimum atomic E-state index is 0.292. The molecular formula is C17H23N3OS. The van der Waals surface area contributed by atoms with Crippen LogP contribution in [0.2, 0.25) is 0 Å². The van der Waals surface area contributed by atoms with E-state index >= 15 is 0 Å². The highest BCUT2D eigenvalue weighted by Crippen LogP contribution is 2.24. The highest BCUT2D eigenvalue weighted by atomic mass is 32.1. The van der Waals surface area contributed by atoms with Gasteiger partial charge in [-0.05, 0) is 50.6 Å². The fourth-order valence-electron chi connectivity index (χ4n) is 3.21. The second-order valence-corrected chi connectivity index (χ2v) is 7.12. The monoisotopic (exact) mass is 317 g/mol. The summed E-state index contributed by atoms with van der Waals surface area (Å²) in [6.07, 6.45) is 3.62. The van der Waals surface area contributed by atoms with Crippen molar-refractivity contribution < 1.29 is 4.79 Å². The summed E-state index contributed by atoms with van der Waals surface area (Å²) in [5, 5.41) is 6.66. The van der Waals surface area contributed by atoms with Crippen LogP contribution in [0.1, 0.15) is 41.6 Å². The number of aromatic nitrogens is 2. The predicted molar refractivity (Wildman–Crippen MR) is 89.2 cm³/mol. The Hall–Kier alpha value is -1.62. The number of thiophene rings is 1. The Bertz CT molecular complexity index is 632. The van der Waals surface area contributed by atoms with Crippen LogP contribution in [-0.4, -0.2) is 33.7 Å². The molecule has 1 unspecified atom stereocenters. The number of rotatable bonds is 5. The average Bonchev–Trinajstić information content (AvgIpc) is 3.19. The molecule has 0 bridgehead atoms. The van der Waals surface area contributed by atoms with E-state index in [0.29, 0.717) is 18.4 Å². The van der Waals surface area contributed by atoms with Gasteiger partial charge < -0.3 is 4.90 Å². The topological polar surface area (TPSA) is 38.1 Å². The third kappa shape index (κ3) is 3.40. The zero-order valence-corrected chi connectivity index (χ0v) is 14.1. The van der Waals surface area contributed by atoms with Crippen molar-refractivity contribution in [3.8, 4) is 0 Å². The number of aryl methyl sites for hydroxylation is 3. The summed E-state index contributed by atoms with van der Waals surface area (Å²) in [6, 6.07) is 6.66. The summed E-state index contributed by atoms with van der Waals surface area (Å²) in [5.74, 6) is 0.292. The smallest absolute Gasteiger partial charge is 0.222 e. The van der Waals surface area contributed by atoms with Crippen molar-refractivity contribution in [2.24, 2.45) is 0 Å². The van der Waals surface area contributed by atoms with Crippen LogP contribution < -0.4 is 0 Å². The first kappa shape index (κ1) is 15.3. The van der Waals surface area contributed by atoms with Crippen molar-refractivity contribution in [2.75, 3.05) is 13.1 Å². The zero-order chi connectivity index (χ0) is 15.5. The van der Waals surface area contributed by atoms with E-state index in [1.807, 2.05) is 11.8 Å². The van der Waals surface area contributed by atoms with Crippen LogP contribution in [0.3, 0.4) is 0 Å². The molecule has 5 heteroatoms. The van der Waals surface area contributed by atoms with E-state index in [1.54, 1.807) is 11.3 Å². The van der Waals surface area contributed by atoms with Crippen LogP contribution in [0.25, 0.3) is 0 Å². The fraction of sp³-hybridized carbons (Fsp3) is 0.529. The van der Waals surface area contributed by atoms with E-state index in [2.05, 4.69) is 40.3 Å². The number of likely N-dealkylation sites (tertiary alicyclic amines) is 1. The van der Waals surface area contributed by atoms with Gasteiger partial charge in [0, 0.05) is 30.1 Å². The molecule has 2 aromatic heterocycles. The van der Waals surface area contributed by atoms with Crippen LogP contribution in [0.4, 0.5) is 0 Å². The summed E-state index contributed by atoms with van der Waals surface area (Å²) in [5.41, 5.74) is 2.24. The molecule has 0 saturated carbocycles. The van der Waals surface area contributed by atoms with Crippen molar-refractivity contribution >= 4 is 17.2 Å². The molecule has 0 radical (unpaired) electrons. The van der Waals surface area contributed by atoms with Crippen LogP contribution in [0.5, 0.6) is 0 Å². The Kier molecular flexibility index (Phi) is 4.62. The predicted octanol–water partition coefficient (Wildman–Crippen LogP) is 3.36. The third-order valence-electron chi connectivity index (χ3n) is 4.30. The minimum absolute atomic E-state index is 0.292. The fourth-order valence-corrected chi connectivity index (χ4v) is 3.96. The molecule has 0 spiro atoms. The van der Waals surface area contributed by atoms with Crippen LogP contribution in [-0.2, 0) is 11.2 Å². The van der Waals surface area contributed by atoms with Crippen LogP contribution >= 0.6 is 11.3 Å². The van der Waals surface area contributed by atoms with Gasteiger partial charge >= 0.3 is 0 Å². The molecule has 1 amide bonds. The molecule has 1 aliphatic rings. The number of carbonyl (C=O) groups excluding carboxylic acids is 1. The zero-order valence-electron chi connectivity index (χ0n) is 13.3. The molecule has 2 aromatic rings. The molecule has 118 valence electrons. The van der Waals surface area contributed by atoms with Gasteiger partial charge in [-0.25, -0.2) is 0 Å². The first-order chi connectivity index (χ1) is 10.6. The molecule has 1 fully saturated rings. The van der Waals surface area contributed by atoms with Gasteiger partial charge in [0.2, 0.25) is 5.91 Å². The molecule has 1 aliphatic heterocycles. The average molecular weight is 317 g/mol. The standard InChI is InChI=1S/C17H23N3OS/c1-13-11-14(2)20(18-13)15-8-9-19(12-15)17(21)7-3-5-16-6-4-10-22-16/h4,6,10-11,15H,3,5,7-9,12H2,1-2H3. The van der Waals surface area contributed by atoms with Crippen molar-refractivity contribution in [3.63, 3.8) is 0 Å². The number of carbonyl (C=O) groups is 1. The quantitative estimate of drug-likeness (QED) is 0.848. The third-order valence-corrected chi connectivity index (χ3v) is 5.24. The molecule has 0 N–H and O–H groups in total. The molecule has 22 heavy (non-hydrogen) atoms. The van der Waals surface area contributed by atoms with E-state index < -0.39 is 0 Å². The van der Waals surface area contributed by atoms with Gasteiger partial charge in [-0.15, -0.1) is 11.3 Å². The molecule has 1 saturated heterocycles. The lowest BCUT2D eigenvalue weighted by molar-refractivity contribution is -0.130. The van der Waals surface area contributed by atoms with Crippen molar-refractivity contribution in [1.29, 1.82) is 0 Å². The minimum Gasteiger partial charge on any atom is -0.340 e. The summed E-state index contributed by atoms with van der Waals surface area (Å²) in [4.78, 5) is 15.7.